The molecule has 0 aliphatic heterocycles. The topological polar surface area (TPSA) is 118 Å². The van der Waals surface area contributed by atoms with Gasteiger partial charge in [0.1, 0.15) is 12.6 Å². The van der Waals surface area contributed by atoms with Crippen molar-refractivity contribution in [2.24, 2.45) is 5.92 Å². The van der Waals surface area contributed by atoms with Crippen LogP contribution < -0.4 is 10.6 Å². The molecule has 1 heterocycles. The second-order valence-electron chi connectivity index (χ2n) is 8.38. The number of pyridine rings is 1. The van der Waals surface area contributed by atoms with E-state index in [-0.39, 0.29) is 29.8 Å². The highest BCUT2D eigenvalue weighted by atomic mass is 16.5. The lowest BCUT2D eigenvalue weighted by Crippen LogP contribution is -2.44. The van der Waals surface area contributed by atoms with E-state index in [9.17, 15) is 19.5 Å². The van der Waals surface area contributed by atoms with Crippen molar-refractivity contribution < 1.29 is 24.2 Å². The summed E-state index contributed by atoms with van der Waals surface area (Å²) in [6.45, 7) is 3.50. The van der Waals surface area contributed by atoms with E-state index in [4.69, 9.17) is 4.74 Å². The number of aliphatic carboxylic acids is 1. The molecule has 0 spiro atoms. The number of hydrogen-bond acceptors (Lipinski definition) is 5. The van der Waals surface area contributed by atoms with Gasteiger partial charge >= 0.3 is 12.1 Å². The Morgan fingerprint density at radius 1 is 0.971 bits per heavy atom. The molecule has 4 rings (SSSR count). The number of amides is 2. The van der Waals surface area contributed by atoms with Crippen LogP contribution in [0.1, 0.15) is 41.4 Å². The summed E-state index contributed by atoms with van der Waals surface area (Å²) in [7, 11) is 0. The second kappa shape index (κ2) is 9.74. The first kappa shape index (κ1) is 23.0. The quantitative estimate of drug-likeness (QED) is 0.485. The first-order chi connectivity index (χ1) is 16.4. The lowest BCUT2D eigenvalue weighted by molar-refractivity contribution is -0.140. The smallest absolute Gasteiger partial charge is 0.411 e. The number of aromatic nitrogens is 1. The molecule has 1 atom stereocenters. The zero-order chi connectivity index (χ0) is 24.2. The summed E-state index contributed by atoms with van der Waals surface area (Å²) >= 11 is 0. The fraction of sp³-hybridized carbons (Fsp3) is 0.231. The second-order valence-corrected chi connectivity index (χ2v) is 8.38. The van der Waals surface area contributed by atoms with Gasteiger partial charge in [-0.3, -0.25) is 10.1 Å². The molecule has 1 aromatic heterocycles. The van der Waals surface area contributed by atoms with Gasteiger partial charge in [-0.1, -0.05) is 62.4 Å². The predicted molar refractivity (Wildman–Crippen MR) is 127 cm³/mol. The lowest BCUT2D eigenvalue weighted by atomic mass is 9.98. The average molecular weight is 460 g/mol. The van der Waals surface area contributed by atoms with E-state index in [0.717, 1.165) is 22.3 Å². The third-order valence-corrected chi connectivity index (χ3v) is 5.82. The summed E-state index contributed by atoms with van der Waals surface area (Å²) < 4.78 is 5.53. The van der Waals surface area contributed by atoms with Crippen LogP contribution in [0.3, 0.4) is 0 Å². The van der Waals surface area contributed by atoms with Crippen molar-refractivity contribution in [1.82, 2.24) is 10.3 Å². The highest BCUT2D eigenvalue weighted by Crippen LogP contribution is 2.44. The van der Waals surface area contributed by atoms with E-state index in [0.29, 0.717) is 0 Å². The molecule has 0 saturated carbocycles. The number of nitrogens with one attached hydrogen (secondary N) is 2. The number of rotatable bonds is 7. The van der Waals surface area contributed by atoms with Gasteiger partial charge in [0.15, 0.2) is 5.69 Å². The standard InChI is InChI=1S/C26H25N3O5/c1-15(2)22(25(31)32)29-24(30)23-21(12-7-13-27-23)28-26(33)34-14-20-18-10-5-3-8-16(18)17-9-4-6-11-19(17)20/h3-13,15,20,22H,14H2,1-2H3,(H,28,33)(H,29,30)(H,31,32)/t22-/m0/s1. The van der Waals surface area contributed by atoms with Gasteiger partial charge in [0.05, 0.1) is 5.69 Å². The van der Waals surface area contributed by atoms with Gasteiger partial charge in [-0.15, -0.1) is 0 Å². The number of carbonyl (C=O) groups is 3. The SMILES string of the molecule is CC(C)[C@H](NC(=O)c1ncccc1NC(=O)OCC1c2ccccc2-c2ccccc21)C(=O)O. The Morgan fingerprint density at radius 3 is 2.18 bits per heavy atom. The minimum Gasteiger partial charge on any atom is -0.480 e. The van der Waals surface area contributed by atoms with Crippen LogP contribution in [0.2, 0.25) is 0 Å². The molecule has 8 heteroatoms. The molecule has 0 bridgehead atoms. The van der Waals surface area contributed by atoms with Gasteiger partial charge < -0.3 is 15.2 Å². The van der Waals surface area contributed by atoms with Crippen molar-refractivity contribution >= 4 is 23.7 Å². The number of fused-ring (bicyclic) bond motifs is 3. The average Bonchev–Trinajstić information content (AvgIpc) is 3.14. The fourth-order valence-electron chi connectivity index (χ4n) is 4.15. The molecule has 2 aromatic carbocycles. The number of anilines is 1. The summed E-state index contributed by atoms with van der Waals surface area (Å²) in [6.07, 6.45) is 0.658. The molecule has 1 aliphatic carbocycles. The molecular formula is C26H25N3O5. The van der Waals surface area contributed by atoms with Crippen LogP contribution in [0.15, 0.2) is 66.9 Å². The number of carbonyl (C=O) groups excluding carboxylic acids is 2. The van der Waals surface area contributed by atoms with E-state index < -0.39 is 24.0 Å². The summed E-state index contributed by atoms with van der Waals surface area (Å²) in [5.74, 6) is -2.28. The monoisotopic (exact) mass is 459 g/mol. The van der Waals surface area contributed by atoms with E-state index in [1.54, 1.807) is 19.9 Å². The molecule has 3 aromatic rings. The molecule has 2 amide bonds. The van der Waals surface area contributed by atoms with Gasteiger partial charge in [0.2, 0.25) is 0 Å². The minimum absolute atomic E-state index is 0.0945. The van der Waals surface area contributed by atoms with Gasteiger partial charge in [0.25, 0.3) is 5.91 Å². The number of nitrogens with zero attached hydrogens (tertiary/aromatic N) is 1. The van der Waals surface area contributed by atoms with Gasteiger partial charge in [-0.2, -0.15) is 0 Å². The molecule has 8 nitrogen and oxygen atoms in total. The van der Waals surface area contributed by atoms with E-state index >= 15 is 0 Å². The van der Waals surface area contributed by atoms with Crippen molar-refractivity contribution in [2.45, 2.75) is 25.8 Å². The van der Waals surface area contributed by atoms with Crippen molar-refractivity contribution in [2.75, 3.05) is 11.9 Å². The number of ether oxygens (including phenoxy) is 1. The van der Waals surface area contributed by atoms with Crippen LogP contribution in [0.4, 0.5) is 10.5 Å². The molecule has 34 heavy (non-hydrogen) atoms. The van der Waals surface area contributed by atoms with Crippen molar-refractivity contribution in [3.05, 3.63) is 83.7 Å². The fourth-order valence-corrected chi connectivity index (χ4v) is 4.15. The third kappa shape index (κ3) is 4.61. The van der Waals surface area contributed by atoms with Gasteiger partial charge in [-0.05, 0) is 40.3 Å². The van der Waals surface area contributed by atoms with Crippen LogP contribution in [-0.4, -0.2) is 40.7 Å². The molecule has 174 valence electrons. The van der Waals surface area contributed by atoms with Crippen LogP contribution >= 0.6 is 0 Å². The zero-order valence-electron chi connectivity index (χ0n) is 18.8. The maximum Gasteiger partial charge on any atom is 0.411 e. The minimum atomic E-state index is -1.15. The Kier molecular flexibility index (Phi) is 6.58. The van der Waals surface area contributed by atoms with E-state index in [1.165, 1.54) is 12.3 Å². The Bertz CT molecular complexity index is 1190. The van der Waals surface area contributed by atoms with Crippen LogP contribution in [-0.2, 0) is 9.53 Å². The number of hydrogen-bond donors (Lipinski definition) is 3. The van der Waals surface area contributed by atoms with Crippen LogP contribution in [0.5, 0.6) is 0 Å². The first-order valence-electron chi connectivity index (χ1n) is 11.0. The summed E-state index contributed by atoms with van der Waals surface area (Å²) in [4.78, 5) is 40.8. The molecular weight excluding hydrogens is 434 g/mol. The molecule has 0 saturated heterocycles. The third-order valence-electron chi connectivity index (χ3n) is 5.82. The van der Waals surface area contributed by atoms with E-state index in [2.05, 4.69) is 27.8 Å². The predicted octanol–water partition coefficient (Wildman–Crippen LogP) is 4.28. The number of benzene rings is 2. The van der Waals surface area contributed by atoms with Gasteiger partial charge in [0, 0.05) is 12.1 Å². The Hall–Kier alpha value is -4.20. The molecule has 1 aliphatic rings. The molecule has 0 radical (unpaired) electrons. The summed E-state index contributed by atoms with van der Waals surface area (Å²) in [6, 6.07) is 18.0. The Morgan fingerprint density at radius 2 is 1.59 bits per heavy atom. The number of carboxylic acids is 1. The molecule has 3 N–H and O–H groups in total. The van der Waals surface area contributed by atoms with Gasteiger partial charge in [-0.25, -0.2) is 14.6 Å². The van der Waals surface area contributed by atoms with Crippen molar-refractivity contribution in [3.63, 3.8) is 0 Å². The largest absolute Gasteiger partial charge is 0.480 e. The Labute approximate surface area is 197 Å². The Balaban J connectivity index is 1.46. The summed E-state index contributed by atoms with van der Waals surface area (Å²) in [5, 5.41) is 14.4. The van der Waals surface area contributed by atoms with Crippen molar-refractivity contribution in [3.8, 4) is 11.1 Å². The highest BCUT2D eigenvalue weighted by molar-refractivity contribution is 6.02. The normalized spacial score (nSPS) is 13.0. The lowest BCUT2D eigenvalue weighted by Gasteiger charge is -2.19. The van der Waals surface area contributed by atoms with Crippen LogP contribution in [0.25, 0.3) is 11.1 Å². The maximum absolute atomic E-state index is 12.7. The van der Waals surface area contributed by atoms with Crippen molar-refractivity contribution in [1.29, 1.82) is 0 Å². The molecule has 0 unspecified atom stereocenters. The first-order valence-corrected chi connectivity index (χ1v) is 11.0. The highest BCUT2D eigenvalue weighted by Gasteiger charge is 2.29. The maximum atomic E-state index is 12.7. The zero-order valence-corrected chi connectivity index (χ0v) is 18.8. The van der Waals surface area contributed by atoms with Crippen LogP contribution in [0, 0.1) is 5.92 Å². The summed E-state index contributed by atoms with van der Waals surface area (Å²) in [5.41, 5.74) is 4.46. The number of carboxylic acid groups (broad SMARTS) is 1. The van der Waals surface area contributed by atoms with E-state index in [1.807, 2.05) is 36.4 Å². The molecule has 0 fully saturated rings.